The molecule has 2 rings (SSSR count). The van der Waals surface area contributed by atoms with Gasteiger partial charge >= 0.3 is 0 Å². The summed E-state index contributed by atoms with van der Waals surface area (Å²) in [5, 5.41) is 8.18. The van der Waals surface area contributed by atoms with Gasteiger partial charge in [-0.05, 0) is 32.8 Å². The van der Waals surface area contributed by atoms with E-state index in [1.54, 1.807) is 0 Å². The van der Waals surface area contributed by atoms with Crippen molar-refractivity contribution in [2.24, 2.45) is 0 Å². The molecule has 1 aromatic carbocycles. The fourth-order valence-corrected chi connectivity index (χ4v) is 2.40. The molecule has 1 aromatic heterocycles. The highest BCUT2D eigenvalue weighted by Gasteiger charge is 2.16. The van der Waals surface area contributed by atoms with Crippen molar-refractivity contribution < 1.29 is 0 Å². The van der Waals surface area contributed by atoms with Gasteiger partial charge in [0.25, 0.3) is 0 Å². The normalized spacial score (nSPS) is 13.3. The third-order valence-electron chi connectivity index (χ3n) is 3.57. The van der Waals surface area contributed by atoms with Crippen LogP contribution in [-0.2, 0) is 0 Å². The van der Waals surface area contributed by atoms with Crippen LogP contribution in [-0.4, -0.2) is 21.9 Å². The highest BCUT2D eigenvalue weighted by atomic mass is 15.3. The quantitative estimate of drug-likeness (QED) is 0.858. The van der Waals surface area contributed by atoms with Crippen LogP contribution in [0.25, 0.3) is 11.1 Å². The average Bonchev–Trinajstić information content (AvgIpc) is 2.93. The van der Waals surface area contributed by atoms with E-state index in [0.717, 1.165) is 19.4 Å². The molecule has 2 aromatic rings. The van der Waals surface area contributed by atoms with E-state index in [9.17, 15) is 0 Å². The topological polar surface area (TPSA) is 29.9 Å². The summed E-state index contributed by atoms with van der Waals surface area (Å²) in [6.07, 6.45) is 6.44. The van der Waals surface area contributed by atoms with E-state index in [4.69, 9.17) is 0 Å². The van der Waals surface area contributed by atoms with Crippen molar-refractivity contribution in [1.82, 2.24) is 15.1 Å². The Kier molecular flexibility index (Phi) is 5.18. The summed E-state index contributed by atoms with van der Waals surface area (Å²) >= 11 is 0. The summed E-state index contributed by atoms with van der Waals surface area (Å²) < 4.78 is 2.12. The number of hydrogen-bond donors (Lipinski definition) is 1. The summed E-state index contributed by atoms with van der Waals surface area (Å²) in [4.78, 5) is 0. The van der Waals surface area contributed by atoms with Crippen molar-refractivity contribution in [2.45, 2.75) is 52.1 Å². The van der Waals surface area contributed by atoms with Crippen molar-refractivity contribution in [3.63, 3.8) is 0 Å². The van der Waals surface area contributed by atoms with Gasteiger partial charge in [-0.25, -0.2) is 0 Å². The Morgan fingerprint density at radius 3 is 2.48 bits per heavy atom. The third-order valence-corrected chi connectivity index (χ3v) is 3.57. The SMILES string of the molecule is CCCC(CNC(C)(C)C)n1cc(-c2ccccc2)cn1. The van der Waals surface area contributed by atoms with E-state index >= 15 is 0 Å². The van der Waals surface area contributed by atoms with E-state index < -0.39 is 0 Å². The minimum atomic E-state index is 0.140. The second-order valence-corrected chi connectivity index (χ2v) is 6.65. The number of benzene rings is 1. The Bertz CT molecular complexity index is 537. The highest BCUT2D eigenvalue weighted by molar-refractivity contribution is 5.61. The largest absolute Gasteiger partial charge is 0.310 e. The maximum Gasteiger partial charge on any atom is 0.0643 e. The van der Waals surface area contributed by atoms with Crippen molar-refractivity contribution in [3.8, 4) is 11.1 Å². The van der Waals surface area contributed by atoms with Gasteiger partial charge in [0.15, 0.2) is 0 Å². The molecule has 114 valence electrons. The first-order valence-corrected chi connectivity index (χ1v) is 7.84. The summed E-state index contributed by atoms with van der Waals surface area (Å²) in [5.74, 6) is 0. The second-order valence-electron chi connectivity index (χ2n) is 6.65. The van der Waals surface area contributed by atoms with Gasteiger partial charge in [-0.15, -0.1) is 0 Å². The minimum Gasteiger partial charge on any atom is -0.310 e. The van der Waals surface area contributed by atoms with Gasteiger partial charge in [-0.2, -0.15) is 5.10 Å². The zero-order chi connectivity index (χ0) is 15.3. The van der Waals surface area contributed by atoms with Crippen LogP contribution in [0.5, 0.6) is 0 Å². The summed E-state index contributed by atoms with van der Waals surface area (Å²) in [6.45, 7) is 9.79. The van der Waals surface area contributed by atoms with Crippen LogP contribution < -0.4 is 5.32 Å². The fraction of sp³-hybridized carbons (Fsp3) is 0.500. The van der Waals surface area contributed by atoms with Gasteiger partial charge in [0, 0.05) is 23.8 Å². The minimum absolute atomic E-state index is 0.140. The fourth-order valence-electron chi connectivity index (χ4n) is 2.40. The Balaban J connectivity index is 2.12. The van der Waals surface area contributed by atoms with E-state index in [2.05, 4.69) is 73.3 Å². The van der Waals surface area contributed by atoms with Crippen LogP contribution >= 0.6 is 0 Å². The van der Waals surface area contributed by atoms with Crippen molar-refractivity contribution >= 4 is 0 Å². The van der Waals surface area contributed by atoms with Gasteiger partial charge in [-0.1, -0.05) is 43.7 Å². The summed E-state index contributed by atoms with van der Waals surface area (Å²) in [5.41, 5.74) is 2.55. The van der Waals surface area contributed by atoms with Crippen LogP contribution in [0.1, 0.15) is 46.6 Å². The molecule has 0 spiro atoms. The first-order chi connectivity index (χ1) is 9.99. The number of hydrogen-bond acceptors (Lipinski definition) is 2. The molecule has 3 nitrogen and oxygen atoms in total. The molecule has 0 amide bonds. The highest BCUT2D eigenvalue weighted by Crippen LogP contribution is 2.21. The number of nitrogens with one attached hydrogen (secondary N) is 1. The molecule has 0 aliphatic rings. The summed E-state index contributed by atoms with van der Waals surface area (Å²) in [7, 11) is 0. The molecule has 3 heteroatoms. The van der Waals surface area contributed by atoms with Gasteiger partial charge < -0.3 is 5.32 Å². The molecule has 0 aliphatic heterocycles. The van der Waals surface area contributed by atoms with E-state index in [1.807, 2.05) is 12.3 Å². The molecule has 0 aliphatic carbocycles. The maximum atomic E-state index is 4.59. The van der Waals surface area contributed by atoms with Crippen LogP contribution in [0, 0.1) is 0 Å². The molecule has 0 fully saturated rings. The Morgan fingerprint density at radius 1 is 1.14 bits per heavy atom. The molecule has 0 saturated carbocycles. The predicted molar refractivity (Wildman–Crippen MR) is 89.4 cm³/mol. The van der Waals surface area contributed by atoms with Crippen LogP contribution in [0.3, 0.4) is 0 Å². The van der Waals surface area contributed by atoms with E-state index in [0.29, 0.717) is 6.04 Å². The van der Waals surface area contributed by atoms with Crippen LogP contribution in [0.15, 0.2) is 42.7 Å². The standard InChI is InChI=1S/C18H27N3/c1-5-9-17(13-19-18(2,3)4)21-14-16(12-20-21)15-10-7-6-8-11-15/h6-8,10-12,14,17,19H,5,9,13H2,1-4H3. The predicted octanol–water partition coefficient (Wildman–Crippen LogP) is 4.28. The smallest absolute Gasteiger partial charge is 0.0643 e. The number of nitrogens with zero attached hydrogens (tertiary/aromatic N) is 2. The first-order valence-electron chi connectivity index (χ1n) is 7.84. The lowest BCUT2D eigenvalue weighted by molar-refractivity contribution is 0.336. The van der Waals surface area contributed by atoms with Gasteiger partial charge in [-0.3, -0.25) is 4.68 Å². The molecule has 21 heavy (non-hydrogen) atoms. The van der Waals surface area contributed by atoms with E-state index in [-0.39, 0.29) is 5.54 Å². The number of rotatable bonds is 6. The molecule has 1 unspecified atom stereocenters. The van der Waals surface area contributed by atoms with Gasteiger partial charge in [0.2, 0.25) is 0 Å². The van der Waals surface area contributed by atoms with Gasteiger partial charge in [0.05, 0.1) is 12.2 Å². The zero-order valence-corrected chi connectivity index (χ0v) is 13.6. The lowest BCUT2D eigenvalue weighted by Crippen LogP contribution is -2.39. The molecular weight excluding hydrogens is 258 g/mol. The molecule has 0 radical (unpaired) electrons. The van der Waals surface area contributed by atoms with Crippen LogP contribution in [0.4, 0.5) is 0 Å². The number of aromatic nitrogens is 2. The molecule has 1 heterocycles. The average molecular weight is 285 g/mol. The van der Waals surface area contributed by atoms with Crippen LogP contribution in [0.2, 0.25) is 0 Å². The zero-order valence-electron chi connectivity index (χ0n) is 13.6. The van der Waals surface area contributed by atoms with Crippen molar-refractivity contribution in [1.29, 1.82) is 0 Å². The third kappa shape index (κ3) is 4.71. The van der Waals surface area contributed by atoms with Crippen molar-refractivity contribution in [2.75, 3.05) is 6.54 Å². The Hall–Kier alpha value is -1.61. The molecular formula is C18H27N3. The Morgan fingerprint density at radius 2 is 1.86 bits per heavy atom. The van der Waals surface area contributed by atoms with Gasteiger partial charge in [0.1, 0.15) is 0 Å². The Labute approximate surface area is 128 Å². The van der Waals surface area contributed by atoms with E-state index in [1.165, 1.54) is 11.1 Å². The summed E-state index contributed by atoms with van der Waals surface area (Å²) in [6, 6.07) is 10.8. The monoisotopic (exact) mass is 285 g/mol. The van der Waals surface area contributed by atoms with Crippen molar-refractivity contribution in [3.05, 3.63) is 42.7 Å². The maximum absolute atomic E-state index is 4.59. The lowest BCUT2D eigenvalue weighted by atomic mass is 10.1. The second kappa shape index (κ2) is 6.90. The molecule has 1 atom stereocenters. The lowest BCUT2D eigenvalue weighted by Gasteiger charge is -2.25. The first kappa shape index (κ1) is 15.8. The molecule has 0 bridgehead atoms. The molecule has 1 N–H and O–H groups in total. The molecule has 0 saturated heterocycles.